The minimum Gasteiger partial charge on any atom is -0.358 e. The molecular formula is C12H15N7S. The number of rotatable bonds is 4. The number of hydrogen-bond donors (Lipinski definition) is 1. The summed E-state index contributed by atoms with van der Waals surface area (Å²) in [6.45, 7) is 4.91. The summed E-state index contributed by atoms with van der Waals surface area (Å²) >= 11 is 1.68. The molecule has 0 saturated heterocycles. The zero-order valence-electron chi connectivity index (χ0n) is 11.5. The van der Waals surface area contributed by atoms with Crippen LogP contribution in [0.5, 0.6) is 0 Å². The van der Waals surface area contributed by atoms with Gasteiger partial charge in [0.1, 0.15) is 17.0 Å². The van der Waals surface area contributed by atoms with E-state index in [0.717, 1.165) is 22.6 Å². The van der Waals surface area contributed by atoms with Crippen molar-refractivity contribution < 1.29 is 0 Å². The zero-order chi connectivity index (χ0) is 14.1. The number of nitrogens with one attached hydrogen (secondary N) is 1. The Kier molecular flexibility index (Phi) is 3.31. The highest BCUT2D eigenvalue weighted by Gasteiger charge is 2.16. The van der Waals surface area contributed by atoms with Gasteiger partial charge in [-0.3, -0.25) is 0 Å². The van der Waals surface area contributed by atoms with Crippen molar-refractivity contribution in [1.82, 2.24) is 30.6 Å². The lowest BCUT2D eigenvalue weighted by Gasteiger charge is -2.21. The maximum absolute atomic E-state index is 4.41. The number of likely N-dealkylation sites (N-methyl/N-ethyl adjacent to an activating group) is 1. The van der Waals surface area contributed by atoms with Gasteiger partial charge in [-0.15, -0.1) is 21.5 Å². The van der Waals surface area contributed by atoms with E-state index in [4.69, 9.17) is 0 Å². The monoisotopic (exact) mass is 289 g/mol. The van der Waals surface area contributed by atoms with Crippen LogP contribution in [0.3, 0.4) is 0 Å². The summed E-state index contributed by atoms with van der Waals surface area (Å²) < 4.78 is 0. The molecule has 3 aromatic heterocycles. The third kappa shape index (κ3) is 2.34. The van der Waals surface area contributed by atoms with E-state index in [1.54, 1.807) is 17.7 Å². The van der Waals surface area contributed by atoms with E-state index >= 15 is 0 Å². The van der Waals surface area contributed by atoms with Gasteiger partial charge in [-0.2, -0.15) is 5.21 Å². The smallest absolute Gasteiger partial charge is 0.179 e. The van der Waals surface area contributed by atoms with Crippen molar-refractivity contribution in [2.45, 2.75) is 19.8 Å². The molecule has 0 fully saturated rings. The fourth-order valence-electron chi connectivity index (χ4n) is 2.22. The molecule has 1 N–H and O–H groups in total. The van der Waals surface area contributed by atoms with Crippen LogP contribution in [0.15, 0.2) is 12.4 Å². The van der Waals surface area contributed by atoms with Gasteiger partial charge in [0.25, 0.3) is 0 Å². The van der Waals surface area contributed by atoms with Crippen molar-refractivity contribution in [2.75, 3.05) is 18.5 Å². The summed E-state index contributed by atoms with van der Waals surface area (Å²) in [5.41, 5.74) is 0. The summed E-state index contributed by atoms with van der Waals surface area (Å²) in [4.78, 5) is 13.1. The topological polar surface area (TPSA) is 83.5 Å². The molecule has 0 radical (unpaired) electrons. The van der Waals surface area contributed by atoms with Crippen LogP contribution in [0.2, 0.25) is 0 Å². The molecule has 0 bridgehead atoms. The van der Waals surface area contributed by atoms with Gasteiger partial charge in [-0.05, 0) is 13.0 Å². The van der Waals surface area contributed by atoms with Crippen LogP contribution < -0.4 is 4.90 Å². The number of hydrogen-bond acceptors (Lipinski definition) is 7. The number of aromatic amines is 1. The van der Waals surface area contributed by atoms with E-state index in [1.807, 2.05) is 7.05 Å². The summed E-state index contributed by atoms with van der Waals surface area (Å²) in [5, 5.41) is 15.2. The van der Waals surface area contributed by atoms with Gasteiger partial charge in [-0.1, -0.05) is 12.1 Å². The largest absolute Gasteiger partial charge is 0.358 e. The number of H-pyrrole nitrogens is 1. The molecule has 3 heterocycles. The molecule has 0 aliphatic heterocycles. The molecule has 0 saturated carbocycles. The fourth-order valence-corrected chi connectivity index (χ4v) is 3.07. The minimum absolute atomic E-state index is 0.170. The molecule has 1 atom stereocenters. The number of tetrazole rings is 1. The van der Waals surface area contributed by atoms with Crippen LogP contribution in [-0.2, 0) is 0 Å². The fraction of sp³-hybridized carbons (Fsp3) is 0.417. The van der Waals surface area contributed by atoms with Gasteiger partial charge in [-0.25, -0.2) is 9.97 Å². The molecule has 7 nitrogen and oxygen atoms in total. The van der Waals surface area contributed by atoms with Gasteiger partial charge in [0.05, 0.1) is 5.39 Å². The number of thiophene rings is 1. The first kappa shape index (κ1) is 12.9. The van der Waals surface area contributed by atoms with Crippen LogP contribution in [0, 0.1) is 6.92 Å². The Morgan fingerprint density at radius 2 is 2.25 bits per heavy atom. The highest BCUT2D eigenvalue weighted by Crippen LogP contribution is 2.29. The van der Waals surface area contributed by atoms with Gasteiger partial charge >= 0.3 is 0 Å². The molecule has 0 aliphatic carbocycles. The van der Waals surface area contributed by atoms with E-state index < -0.39 is 0 Å². The Bertz CT molecular complexity index is 706. The maximum atomic E-state index is 4.41. The zero-order valence-corrected chi connectivity index (χ0v) is 12.3. The molecule has 20 heavy (non-hydrogen) atoms. The van der Waals surface area contributed by atoms with Crippen LogP contribution in [-0.4, -0.2) is 44.2 Å². The second kappa shape index (κ2) is 5.12. The van der Waals surface area contributed by atoms with E-state index in [0.29, 0.717) is 5.82 Å². The number of anilines is 1. The van der Waals surface area contributed by atoms with Gasteiger partial charge in [0.2, 0.25) is 0 Å². The molecule has 0 aliphatic rings. The summed E-state index contributed by atoms with van der Waals surface area (Å²) in [6, 6.07) is 2.13. The molecule has 0 spiro atoms. The van der Waals surface area contributed by atoms with Crippen LogP contribution in [0.25, 0.3) is 10.2 Å². The number of fused-ring (bicyclic) bond motifs is 1. The Labute approximate surface area is 120 Å². The third-order valence-corrected chi connectivity index (χ3v) is 4.10. The van der Waals surface area contributed by atoms with Crippen LogP contribution in [0.4, 0.5) is 5.82 Å². The Balaban J connectivity index is 1.87. The van der Waals surface area contributed by atoms with E-state index in [9.17, 15) is 0 Å². The standard InChI is InChI=1S/C12H15N7S/c1-7(10-15-17-18-16-10)5-19(3)11-9-4-8(2)20-12(9)14-6-13-11/h4,6-7H,5H2,1-3H3,(H,15,16,17,18)/t7-/m0/s1. The molecule has 0 unspecified atom stereocenters. The Morgan fingerprint density at radius 1 is 1.40 bits per heavy atom. The molecule has 3 rings (SSSR count). The predicted molar refractivity (Wildman–Crippen MR) is 78.0 cm³/mol. The van der Waals surface area contributed by atoms with Crippen molar-refractivity contribution in [1.29, 1.82) is 0 Å². The van der Waals surface area contributed by atoms with Crippen LogP contribution >= 0.6 is 11.3 Å². The first-order valence-electron chi connectivity index (χ1n) is 6.30. The lowest BCUT2D eigenvalue weighted by Crippen LogP contribution is -2.24. The SMILES string of the molecule is Cc1cc2c(N(C)C[C@H](C)c3nn[nH]n3)ncnc2s1. The first-order valence-corrected chi connectivity index (χ1v) is 7.12. The summed E-state index contributed by atoms with van der Waals surface area (Å²) in [5.74, 6) is 1.82. The average molecular weight is 289 g/mol. The molecule has 0 amide bonds. The van der Waals surface area contributed by atoms with Gasteiger partial charge < -0.3 is 4.90 Å². The highest BCUT2D eigenvalue weighted by atomic mass is 32.1. The Morgan fingerprint density at radius 3 is 3.00 bits per heavy atom. The maximum Gasteiger partial charge on any atom is 0.179 e. The normalized spacial score (nSPS) is 12.8. The van der Waals surface area contributed by atoms with E-state index in [2.05, 4.69) is 55.4 Å². The molecule has 0 aromatic carbocycles. The molecule has 8 heteroatoms. The quantitative estimate of drug-likeness (QED) is 0.788. The number of aromatic nitrogens is 6. The predicted octanol–water partition coefficient (Wildman–Crippen LogP) is 1.75. The van der Waals surface area contributed by atoms with E-state index in [1.165, 1.54) is 4.88 Å². The third-order valence-electron chi connectivity index (χ3n) is 3.14. The minimum atomic E-state index is 0.170. The highest BCUT2D eigenvalue weighted by molar-refractivity contribution is 7.18. The molecule has 104 valence electrons. The molecule has 3 aromatic rings. The second-order valence-electron chi connectivity index (χ2n) is 4.82. The number of aryl methyl sites for hydroxylation is 1. The van der Waals surface area contributed by atoms with Gasteiger partial charge in [0.15, 0.2) is 5.82 Å². The van der Waals surface area contributed by atoms with Gasteiger partial charge in [0, 0.05) is 24.4 Å². The summed E-state index contributed by atoms with van der Waals surface area (Å²) in [6.07, 6.45) is 1.61. The van der Waals surface area contributed by atoms with Crippen molar-refractivity contribution in [2.24, 2.45) is 0 Å². The van der Waals surface area contributed by atoms with Crippen LogP contribution in [0.1, 0.15) is 23.5 Å². The second-order valence-corrected chi connectivity index (χ2v) is 6.06. The summed E-state index contributed by atoms with van der Waals surface area (Å²) in [7, 11) is 2.02. The van der Waals surface area contributed by atoms with E-state index in [-0.39, 0.29) is 5.92 Å². The van der Waals surface area contributed by atoms with Crippen molar-refractivity contribution in [3.8, 4) is 0 Å². The first-order chi connectivity index (χ1) is 9.65. The Hall–Kier alpha value is -2.09. The van der Waals surface area contributed by atoms with Crippen molar-refractivity contribution >= 4 is 27.4 Å². The van der Waals surface area contributed by atoms with Crippen molar-refractivity contribution in [3.05, 3.63) is 23.1 Å². The average Bonchev–Trinajstić information content (AvgIpc) is 3.05. The molecular weight excluding hydrogens is 274 g/mol. The lowest BCUT2D eigenvalue weighted by molar-refractivity contribution is 0.683. The van der Waals surface area contributed by atoms with Crippen molar-refractivity contribution in [3.63, 3.8) is 0 Å². The number of nitrogens with zero attached hydrogens (tertiary/aromatic N) is 6. The lowest BCUT2D eigenvalue weighted by atomic mass is 10.1.